The molecule has 0 aromatic heterocycles. The molecule has 1 saturated heterocycles. The summed E-state index contributed by atoms with van der Waals surface area (Å²) < 4.78 is 18.3. The predicted octanol–water partition coefficient (Wildman–Crippen LogP) is 6.57. The topological polar surface area (TPSA) is 48.1 Å². The van der Waals surface area contributed by atoms with Gasteiger partial charge in [0.2, 0.25) is 0 Å². The minimum Gasteiger partial charge on any atom is -0.469 e. The van der Waals surface area contributed by atoms with E-state index in [1.54, 1.807) is 0 Å². The Morgan fingerprint density at radius 1 is 1.03 bits per heavy atom. The first-order chi connectivity index (χ1) is 18.0. The molecule has 206 valence electrons. The molecule has 0 spiro atoms. The number of carbonyl (C=O) groups is 1. The molecule has 4 nitrogen and oxygen atoms in total. The number of methoxy groups -OCH3 is 1. The van der Waals surface area contributed by atoms with Gasteiger partial charge in [-0.25, -0.2) is 0 Å². The van der Waals surface area contributed by atoms with E-state index in [1.165, 1.54) is 23.1 Å². The zero-order valence-corrected chi connectivity index (χ0v) is 25.2. The molecule has 2 aromatic carbocycles. The fourth-order valence-corrected chi connectivity index (χ4v) is 11.1. The Hall–Kier alpha value is -2.21. The number of allylic oxidation sites excluding steroid dienone is 2. The van der Waals surface area contributed by atoms with Crippen LogP contribution < -0.4 is 10.4 Å². The quantitative estimate of drug-likeness (QED) is 0.102. The summed E-state index contributed by atoms with van der Waals surface area (Å²) in [7, 11) is -1.04. The summed E-state index contributed by atoms with van der Waals surface area (Å²) >= 11 is 0. The Kier molecular flexibility index (Phi) is 8.70. The highest BCUT2D eigenvalue weighted by Gasteiger charge is 2.55. The number of epoxide rings is 1. The summed E-state index contributed by atoms with van der Waals surface area (Å²) in [4.78, 5) is 11.7. The van der Waals surface area contributed by atoms with E-state index in [0.29, 0.717) is 6.42 Å². The monoisotopic (exact) mass is 534 g/mol. The maximum absolute atomic E-state index is 11.7. The first-order valence-corrected chi connectivity index (χ1v) is 16.1. The van der Waals surface area contributed by atoms with Crippen LogP contribution in [0.25, 0.3) is 0 Å². The van der Waals surface area contributed by atoms with Crippen molar-refractivity contribution in [3.05, 3.63) is 72.3 Å². The van der Waals surface area contributed by atoms with Crippen molar-refractivity contribution < 1.29 is 18.7 Å². The fraction of sp³-hybridized carbons (Fsp3) is 0.545. The van der Waals surface area contributed by atoms with Gasteiger partial charge < -0.3 is 13.9 Å². The van der Waals surface area contributed by atoms with Crippen molar-refractivity contribution in [2.45, 2.75) is 96.3 Å². The van der Waals surface area contributed by atoms with E-state index in [0.717, 1.165) is 45.1 Å². The fourth-order valence-electron chi connectivity index (χ4n) is 6.54. The zero-order valence-electron chi connectivity index (χ0n) is 24.2. The van der Waals surface area contributed by atoms with Crippen LogP contribution in [0, 0.1) is 5.41 Å². The smallest absolute Gasteiger partial charge is 0.305 e. The molecule has 0 saturated carbocycles. The van der Waals surface area contributed by atoms with Crippen LogP contribution in [0.2, 0.25) is 5.04 Å². The van der Waals surface area contributed by atoms with Gasteiger partial charge >= 0.3 is 5.97 Å². The second-order valence-corrected chi connectivity index (χ2v) is 16.9. The standard InChI is InChI=1S/C33H46O4Si/c1-31(2,3)38(27-16-9-7-10-17-27,28-18-11-8-12-19-28)36-24-14-23-33(5)29(37-33)25-32(4)22-13-15-26(32)20-21-30(34)35-6/h7-12,15-19,29H,13-14,20-25H2,1-6H3/t29?,32-,33?/m1/s1. The molecular formula is C33H46O4Si. The summed E-state index contributed by atoms with van der Waals surface area (Å²) in [6, 6.07) is 21.7. The van der Waals surface area contributed by atoms with Gasteiger partial charge in [-0.15, -0.1) is 0 Å². The van der Waals surface area contributed by atoms with Gasteiger partial charge in [-0.2, -0.15) is 0 Å². The van der Waals surface area contributed by atoms with Crippen molar-refractivity contribution in [3.63, 3.8) is 0 Å². The lowest BCUT2D eigenvalue weighted by atomic mass is 9.75. The third-order valence-electron chi connectivity index (χ3n) is 8.91. The summed E-state index contributed by atoms with van der Waals surface area (Å²) in [5, 5.41) is 2.64. The maximum atomic E-state index is 11.7. The number of hydrogen-bond acceptors (Lipinski definition) is 4. The highest BCUT2D eigenvalue weighted by Crippen LogP contribution is 2.52. The molecule has 0 N–H and O–H groups in total. The number of rotatable bonds is 12. The Morgan fingerprint density at radius 2 is 1.63 bits per heavy atom. The van der Waals surface area contributed by atoms with Crippen molar-refractivity contribution in [2.24, 2.45) is 5.41 Å². The lowest BCUT2D eigenvalue weighted by molar-refractivity contribution is -0.140. The van der Waals surface area contributed by atoms with E-state index < -0.39 is 8.32 Å². The molecule has 0 amide bonds. The minimum atomic E-state index is -2.50. The van der Waals surface area contributed by atoms with Crippen molar-refractivity contribution in [1.29, 1.82) is 0 Å². The van der Waals surface area contributed by atoms with E-state index in [-0.39, 0.29) is 28.1 Å². The van der Waals surface area contributed by atoms with Gasteiger partial charge in [0.15, 0.2) is 0 Å². The van der Waals surface area contributed by atoms with Crippen LogP contribution in [-0.4, -0.2) is 39.7 Å². The van der Waals surface area contributed by atoms with Crippen LogP contribution in [0.4, 0.5) is 0 Å². The molecule has 0 bridgehead atoms. The van der Waals surface area contributed by atoms with Crippen molar-refractivity contribution in [3.8, 4) is 0 Å². The highest BCUT2D eigenvalue weighted by atomic mass is 28.4. The normalized spacial score (nSPS) is 25.2. The molecule has 0 radical (unpaired) electrons. The first-order valence-electron chi connectivity index (χ1n) is 14.2. The van der Waals surface area contributed by atoms with E-state index in [9.17, 15) is 4.79 Å². The average Bonchev–Trinajstić information content (AvgIpc) is 3.37. The molecule has 2 aromatic rings. The predicted molar refractivity (Wildman–Crippen MR) is 157 cm³/mol. The van der Waals surface area contributed by atoms with Gasteiger partial charge in [0, 0.05) is 13.0 Å². The van der Waals surface area contributed by atoms with Gasteiger partial charge in [-0.05, 0) is 66.3 Å². The third kappa shape index (κ3) is 6.00. The van der Waals surface area contributed by atoms with Gasteiger partial charge in [0.05, 0.1) is 18.8 Å². The number of hydrogen-bond donors (Lipinski definition) is 0. The molecule has 38 heavy (non-hydrogen) atoms. The molecule has 1 aliphatic carbocycles. The number of ether oxygens (including phenoxy) is 2. The maximum Gasteiger partial charge on any atom is 0.305 e. The Morgan fingerprint density at radius 3 is 2.18 bits per heavy atom. The molecule has 5 heteroatoms. The molecule has 3 atom stereocenters. The van der Waals surface area contributed by atoms with Gasteiger partial charge in [0.1, 0.15) is 0 Å². The summed E-state index contributed by atoms with van der Waals surface area (Å²) in [6.07, 6.45) is 9.05. The van der Waals surface area contributed by atoms with Crippen LogP contribution in [0.5, 0.6) is 0 Å². The largest absolute Gasteiger partial charge is 0.469 e. The van der Waals surface area contributed by atoms with Crippen LogP contribution in [0.15, 0.2) is 72.3 Å². The van der Waals surface area contributed by atoms with Gasteiger partial charge in [-0.3, -0.25) is 4.79 Å². The van der Waals surface area contributed by atoms with Crippen LogP contribution in [0.3, 0.4) is 0 Å². The van der Waals surface area contributed by atoms with E-state index >= 15 is 0 Å². The van der Waals surface area contributed by atoms with E-state index in [4.69, 9.17) is 13.9 Å². The molecule has 1 aliphatic heterocycles. The Labute approximate surface area is 230 Å². The molecule has 2 unspecified atom stereocenters. The van der Waals surface area contributed by atoms with Crippen LogP contribution in [0.1, 0.15) is 79.6 Å². The second kappa shape index (κ2) is 11.5. The average molecular weight is 535 g/mol. The van der Waals surface area contributed by atoms with E-state index in [2.05, 4.69) is 101 Å². The van der Waals surface area contributed by atoms with Gasteiger partial charge in [0.25, 0.3) is 8.32 Å². The zero-order chi connectivity index (χ0) is 27.4. The number of benzene rings is 2. The molecular weight excluding hydrogens is 488 g/mol. The Bertz CT molecular complexity index is 1070. The van der Waals surface area contributed by atoms with Gasteiger partial charge in [-0.1, -0.05) is 100 Å². The van der Waals surface area contributed by atoms with Crippen molar-refractivity contribution >= 4 is 24.7 Å². The first kappa shape index (κ1) is 28.8. The van der Waals surface area contributed by atoms with E-state index in [1.807, 2.05) is 0 Å². The molecule has 1 fully saturated rings. The summed E-state index contributed by atoms with van der Waals surface area (Å²) in [5.41, 5.74) is 1.42. The lowest BCUT2D eigenvalue weighted by Gasteiger charge is -2.43. The van der Waals surface area contributed by atoms with Crippen molar-refractivity contribution in [1.82, 2.24) is 0 Å². The molecule has 2 aliphatic rings. The molecule has 4 rings (SSSR count). The number of carbonyl (C=O) groups excluding carboxylic acids is 1. The van der Waals surface area contributed by atoms with Crippen LogP contribution >= 0.6 is 0 Å². The minimum absolute atomic E-state index is 0.0117. The summed E-state index contributed by atoms with van der Waals surface area (Å²) in [5.74, 6) is -0.131. The molecule has 1 heterocycles. The highest BCUT2D eigenvalue weighted by molar-refractivity contribution is 6.99. The van der Waals surface area contributed by atoms with Crippen LogP contribution in [-0.2, 0) is 18.7 Å². The SMILES string of the molecule is COC(=O)CCC1=CCC[C@]1(C)CC1OC1(C)CCCO[Si](c1ccccc1)(c1ccccc1)C(C)(C)C. The van der Waals surface area contributed by atoms with Crippen molar-refractivity contribution in [2.75, 3.05) is 13.7 Å². The summed E-state index contributed by atoms with van der Waals surface area (Å²) in [6.45, 7) is 12.3. The Balaban J connectivity index is 1.39. The lowest BCUT2D eigenvalue weighted by Crippen LogP contribution is -2.66. The number of esters is 1. The second-order valence-electron chi connectivity index (χ2n) is 12.6. The third-order valence-corrected chi connectivity index (χ3v) is 14.0.